The van der Waals surface area contributed by atoms with Crippen molar-refractivity contribution in [3.8, 4) is 0 Å². The number of nitrogens with one attached hydrogen (secondary N) is 1. The molecule has 0 bridgehead atoms. The number of ether oxygens (including phenoxy) is 1. The van der Waals surface area contributed by atoms with E-state index >= 15 is 0 Å². The van der Waals surface area contributed by atoms with Crippen molar-refractivity contribution in [1.29, 1.82) is 0 Å². The zero-order valence-electron chi connectivity index (χ0n) is 9.76. The van der Waals surface area contributed by atoms with Crippen LogP contribution in [0.3, 0.4) is 0 Å². The van der Waals surface area contributed by atoms with Crippen LogP contribution in [-0.2, 0) is 17.7 Å². The van der Waals surface area contributed by atoms with E-state index in [4.69, 9.17) is 9.15 Å². The summed E-state index contributed by atoms with van der Waals surface area (Å²) in [6.45, 7) is 2.00. The summed E-state index contributed by atoms with van der Waals surface area (Å²) in [4.78, 5) is 16.2. The second-order valence-electron chi connectivity index (χ2n) is 4.01. The Labute approximate surface area is 104 Å². The van der Waals surface area contributed by atoms with Crippen molar-refractivity contribution in [2.75, 3.05) is 18.5 Å². The fourth-order valence-electron chi connectivity index (χ4n) is 1.97. The number of imidazole rings is 1. The fraction of sp³-hybridized carbons (Fsp3) is 0.333. The number of hydrogen-bond donors (Lipinski definition) is 1. The summed E-state index contributed by atoms with van der Waals surface area (Å²) in [5, 5.41) is 2.79. The average Bonchev–Trinajstić information content (AvgIpc) is 2.96. The number of hydrogen-bond acceptors (Lipinski definition) is 4. The lowest BCUT2D eigenvalue weighted by Crippen LogP contribution is -2.16. The molecule has 0 spiro atoms. The van der Waals surface area contributed by atoms with E-state index in [2.05, 4.69) is 10.3 Å². The molecule has 94 valence electrons. The molecule has 18 heavy (non-hydrogen) atoms. The maximum atomic E-state index is 11.9. The van der Waals surface area contributed by atoms with E-state index in [9.17, 15) is 4.79 Å². The minimum Gasteiger partial charge on any atom is -0.459 e. The third-order valence-corrected chi connectivity index (χ3v) is 2.85. The lowest BCUT2D eigenvalue weighted by Gasteiger charge is -2.08. The van der Waals surface area contributed by atoms with Crippen molar-refractivity contribution >= 4 is 11.7 Å². The Bertz CT molecular complexity index is 545. The zero-order valence-corrected chi connectivity index (χ0v) is 9.76. The van der Waals surface area contributed by atoms with Gasteiger partial charge in [0.05, 0.1) is 25.7 Å². The first-order chi connectivity index (χ1) is 8.84. The molecule has 0 saturated heterocycles. The number of furan rings is 1. The Balaban J connectivity index is 1.81. The number of aromatic nitrogens is 2. The molecule has 2 aromatic heterocycles. The first kappa shape index (κ1) is 11.0. The van der Waals surface area contributed by atoms with Crippen LogP contribution >= 0.6 is 0 Å². The molecule has 2 aromatic rings. The molecule has 6 nitrogen and oxygen atoms in total. The number of rotatable bonds is 2. The molecule has 1 amide bonds. The number of nitrogens with zero attached hydrogens (tertiary/aromatic N) is 2. The van der Waals surface area contributed by atoms with Gasteiger partial charge in [0.15, 0.2) is 5.76 Å². The van der Waals surface area contributed by atoms with Crippen LogP contribution in [0.1, 0.15) is 16.4 Å². The number of amides is 1. The summed E-state index contributed by atoms with van der Waals surface area (Å²) in [7, 11) is 0. The fourth-order valence-corrected chi connectivity index (χ4v) is 1.97. The van der Waals surface area contributed by atoms with E-state index < -0.39 is 0 Å². The lowest BCUT2D eigenvalue weighted by molar-refractivity contribution is 0.0995. The van der Waals surface area contributed by atoms with Crippen molar-refractivity contribution in [3.63, 3.8) is 0 Å². The molecular weight excluding hydrogens is 234 g/mol. The summed E-state index contributed by atoms with van der Waals surface area (Å²) in [5.41, 5.74) is 0. The molecular formula is C12H13N3O3. The molecule has 1 N–H and O–H groups in total. The van der Waals surface area contributed by atoms with Crippen LogP contribution in [0.15, 0.2) is 29.0 Å². The second-order valence-corrected chi connectivity index (χ2v) is 4.01. The van der Waals surface area contributed by atoms with Crippen molar-refractivity contribution in [2.24, 2.45) is 0 Å². The topological polar surface area (TPSA) is 69.3 Å². The molecule has 0 aromatic carbocycles. The largest absolute Gasteiger partial charge is 0.459 e. The minimum atomic E-state index is -0.270. The highest BCUT2D eigenvalue weighted by Crippen LogP contribution is 2.15. The van der Waals surface area contributed by atoms with Crippen LogP contribution in [0, 0.1) is 0 Å². The highest BCUT2D eigenvalue weighted by molar-refractivity contribution is 6.01. The van der Waals surface area contributed by atoms with Gasteiger partial charge in [0.25, 0.3) is 5.91 Å². The van der Waals surface area contributed by atoms with Gasteiger partial charge in [-0.05, 0) is 12.1 Å². The molecule has 0 unspecified atom stereocenters. The van der Waals surface area contributed by atoms with Gasteiger partial charge in [-0.2, -0.15) is 0 Å². The van der Waals surface area contributed by atoms with Gasteiger partial charge < -0.3 is 19.0 Å². The Morgan fingerprint density at radius 3 is 3.22 bits per heavy atom. The molecule has 1 aliphatic heterocycles. The van der Waals surface area contributed by atoms with E-state index in [1.54, 1.807) is 18.3 Å². The van der Waals surface area contributed by atoms with Gasteiger partial charge in [-0.1, -0.05) is 0 Å². The number of carbonyl (C=O) groups is 1. The SMILES string of the molecule is O=C(Nc1cnc2n1CCOCC2)c1ccco1. The molecule has 0 saturated carbocycles. The van der Waals surface area contributed by atoms with Gasteiger partial charge in [-0.25, -0.2) is 4.98 Å². The van der Waals surface area contributed by atoms with E-state index in [0.717, 1.165) is 12.2 Å². The van der Waals surface area contributed by atoms with Gasteiger partial charge in [0.1, 0.15) is 11.6 Å². The Morgan fingerprint density at radius 2 is 2.39 bits per heavy atom. The van der Waals surface area contributed by atoms with Crippen LogP contribution in [0.5, 0.6) is 0 Å². The molecule has 0 aliphatic carbocycles. The third-order valence-electron chi connectivity index (χ3n) is 2.85. The predicted molar refractivity (Wildman–Crippen MR) is 63.4 cm³/mol. The number of fused-ring (bicyclic) bond motifs is 1. The molecule has 0 atom stereocenters. The summed E-state index contributed by atoms with van der Waals surface area (Å²) >= 11 is 0. The van der Waals surface area contributed by atoms with E-state index in [1.165, 1.54) is 6.26 Å². The predicted octanol–water partition coefficient (Wildman–Crippen LogP) is 1.30. The first-order valence-corrected chi connectivity index (χ1v) is 5.81. The van der Waals surface area contributed by atoms with Crippen molar-refractivity contribution in [1.82, 2.24) is 9.55 Å². The maximum Gasteiger partial charge on any atom is 0.292 e. The summed E-state index contributed by atoms with van der Waals surface area (Å²) in [6, 6.07) is 3.30. The maximum absolute atomic E-state index is 11.9. The van der Waals surface area contributed by atoms with Gasteiger partial charge in [-0.3, -0.25) is 4.79 Å². The second kappa shape index (κ2) is 4.66. The van der Waals surface area contributed by atoms with E-state index in [0.29, 0.717) is 25.6 Å². The molecule has 3 heterocycles. The highest BCUT2D eigenvalue weighted by atomic mass is 16.5. The molecule has 0 fully saturated rings. The van der Waals surface area contributed by atoms with Gasteiger partial charge in [0.2, 0.25) is 0 Å². The van der Waals surface area contributed by atoms with Crippen molar-refractivity contribution in [3.05, 3.63) is 36.2 Å². The van der Waals surface area contributed by atoms with Gasteiger partial charge >= 0.3 is 0 Å². The summed E-state index contributed by atoms with van der Waals surface area (Å²) < 4.78 is 12.4. The molecule has 0 radical (unpaired) electrons. The van der Waals surface area contributed by atoms with E-state index in [1.807, 2.05) is 4.57 Å². The van der Waals surface area contributed by atoms with Crippen LogP contribution in [0.4, 0.5) is 5.82 Å². The highest BCUT2D eigenvalue weighted by Gasteiger charge is 2.16. The minimum absolute atomic E-state index is 0.270. The summed E-state index contributed by atoms with van der Waals surface area (Å²) in [5.74, 6) is 1.63. The third kappa shape index (κ3) is 2.02. The van der Waals surface area contributed by atoms with Crippen LogP contribution in [0.2, 0.25) is 0 Å². The van der Waals surface area contributed by atoms with Crippen LogP contribution in [0.25, 0.3) is 0 Å². The quantitative estimate of drug-likeness (QED) is 0.868. The van der Waals surface area contributed by atoms with Gasteiger partial charge in [0, 0.05) is 13.0 Å². The Morgan fingerprint density at radius 1 is 1.44 bits per heavy atom. The van der Waals surface area contributed by atoms with Crippen LogP contribution in [-0.4, -0.2) is 28.7 Å². The lowest BCUT2D eigenvalue weighted by atomic mass is 10.4. The van der Waals surface area contributed by atoms with Crippen molar-refractivity contribution < 1.29 is 13.9 Å². The Kier molecular flexibility index (Phi) is 2.85. The molecule has 6 heteroatoms. The normalized spacial score (nSPS) is 14.9. The smallest absolute Gasteiger partial charge is 0.292 e. The molecule has 3 rings (SSSR count). The zero-order chi connectivity index (χ0) is 12.4. The summed E-state index contributed by atoms with van der Waals surface area (Å²) in [6.07, 6.45) is 3.90. The standard InChI is InChI=1S/C12H13N3O3/c16-12(9-2-1-5-18-9)14-11-8-13-10-3-6-17-7-4-15(10)11/h1-2,5,8H,3-4,6-7H2,(H,14,16). The van der Waals surface area contributed by atoms with Crippen molar-refractivity contribution in [2.45, 2.75) is 13.0 Å². The van der Waals surface area contributed by atoms with Crippen LogP contribution < -0.4 is 5.32 Å². The number of anilines is 1. The number of carbonyl (C=O) groups excluding carboxylic acids is 1. The average molecular weight is 247 g/mol. The Hall–Kier alpha value is -2.08. The monoisotopic (exact) mass is 247 g/mol. The molecule has 1 aliphatic rings. The van der Waals surface area contributed by atoms with E-state index in [-0.39, 0.29) is 11.7 Å². The first-order valence-electron chi connectivity index (χ1n) is 5.81. The van der Waals surface area contributed by atoms with Gasteiger partial charge in [-0.15, -0.1) is 0 Å².